The van der Waals surface area contributed by atoms with Crippen molar-refractivity contribution in [1.82, 2.24) is 15.5 Å². The molecule has 26 heavy (non-hydrogen) atoms. The van der Waals surface area contributed by atoms with Gasteiger partial charge in [0, 0.05) is 25.0 Å². The standard InChI is InChI=1S/C21H30N4S/c1-17-8-10-25(11-9-17)16-19-6-3-5-18(13-19)14-23-21(22-2)24-15-20-7-4-12-26-20/h3-7,12-13,17H,8-11,14-16H2,1-2H3,(H2,22,23,24). The summed E-state index contributed by atoms with van der Waals surface area (Å²) in [6, 6.07) is 13.1. The van der Waals surface area contributed by atoms with E-state index in [1.54, 1.807) is 11.3 Å². The minimum absolute atomic E-state index is 0.787. The predicted octanol–water partition coefficient (Wildman–Crippen LogP) is 3.85. The maximum absolute atomic E-state index is 4.32. The van der Waals surface area contributed by atoms with Crippen molar-refractivity contribution in [3.8, 4) is 0 Å². The van der Waals surface area contributed by atoms with Crippen LogP contribution in [0.2, 0.25) is 0 Å². The molecule has 1 aromatic carbocycles. The highest BCUT2D eigenvalue weighted by Crippen LogP contribution is 2.18. The van der Waals surface area contributed by atoms with E-state index < -0.39 is 0 Å². The molecule has 3 rings (SSSR count). The molecule has 0 amide bonds. The lowest BCUT2D eigenvalue weighted by molar-refractivity contribution is 0.185. The van der Waals surface area contributed by atoms with Crippen molar-refractivity contribution in [2.75, 3.05) is 20.1 Å². The maximum Gasteiger partial charge on any atom is 0.191 e. The zero-order chi connectivity index (χ0) is 18.2. The molecule has 1 aliphatic rings. The molecule has 2 N–H and O–H groups in total. The van der Waals surface area contributed by atoms with Crippen LogP contribution in [0.25, 0.3) is 0 Å². The topological polar surface area (TPSA) is 39.7 Å². The minimum atomic E-state index is 0.787. The van der Waals surface area contributed by atoms with E-state index >= 15 is 0 Å². The van der Waals surface area contributed by atoms with E-state index in [-0.39, 0.29) is 0 Å². The van der Waals surface area contributed by atoms with Crippen LogP contribution in [0.15, 0.2) is 46.8 Å². The average molecular weight is 371 g/mol. The second-order valence-electron chi connectivity index (χ2n) is 7.14. The quantitative estimate of drug-likeness (QED) is 0.599. The van der Waals surface area contributed by atoms with E-state index in [9.17, 15) is 0 Å². The average Bonchev–Trinajstić information content (AvgIpc) is 3.18. The van der Waals surface area contributed by atoms with Gasteiger partial charge in [-0.2, -0.15) is 0 Å². The number of piperidine rings is 1. The minimum Gasteiger partial charge on any atom is -0.352 e. The van der Waals surface area contributed by atoms with Crippen molar-refractivity contribution in [3.05, 3.63) is 57.8 Å². The summed E-state index contributed by atoms with van der Waals surface area (Å²) in [5, 5.41) is 8.88. The SMILES string of the molecule is CN=C(NCc1cccc(CN2CCC(C)CC2)c1)NCc1cccs1. The van der Waals surface area contributed by atoms with Crippen LogP contribution in [-0.4, -0.2) is 31.0 Å². The van der Waals surface area contributed by atoms with Crippen LogP contribution < -0.4 is 10.6 Å². The van der Waals surface area contributed by atoms with E-state index in [2.05, 4.69) is 69.2 Å². The van der Waals surface area contributed by atoms with Gasteiger partial charge in [0.15, 0.2) is 5.96 Å². The highest BCUT2D eigenvalue weighted by molar-refractivity contribution is 7.09. The summed E-state index contributed by atoms with van der Waals surface area (Å²) < 4.78 is 0. The summed E-state index contributed by atoms with van der Waals surface area (Å²) >= 11 is 1.76. The molecule has 1 saturated heterocycles. The molecule has 2 aromatic rings. The molecule has 2 heterocycles. The fraction of sp³-hybridized carbons (Fsp3) is 0.476. The number of likely N-dealkylation sites (tertiary alicyclic amines) is 1. The summed E-state index contributed by atoms with van der Waals surface area (Å²) in [6.07, 6.45) is 2.65. The van der Waals surface area contributed by atoms with Gasteiger partial charge >= 0.3 is 0 Å². The molecule has 0 spiro atoms. The van der Waals surface area contributed by atoms with E-state index in [4.69, 9.17) is 0 Å². The number of benzene rings is 1. The number of rotatable bonds is 6. The number of hydrogen-bond donors (Lipinski definition) is 2. The molecular formula is C21H30N4S. The maximum atomic E-state index is 4.32. The van der Waals surface area contributed by atoms with Gasteiger partial charge in [-0.25, -0.2) is 0 Å². The Balaban J connectivity index is 1.48. The second-order valence-corrected chi connectivity index (χ2v) is 8.17. The molecule has 1 aliphatic heterocycles. The van der Waals surface area contributed by atoms with Crippen LogP contribution in [0.3, 0.4) is 0 Å². The molecule has 4 nitrogen and oxygen atoms in total. The largest absolute Gasteiger partial charge is 0.352 e. The molecule has 5 heteroatoms. The fourth-order valence-electron chi connectivity index (χ4n) is 3.31. The van der Waals surface area contributed by atoms with E-state index in [0.717, 1.165) is 31.5 Å². The summed E-state index contributed by atoms with van der Waals surface area (Å²) in [4.78, 5) is 8.20. The summed E-state index contributed by atoms with van der Waals surface area (Å²) in [5.74, 6) is 1.73. The van der Waals surface area contributed by atoms with E-state index in [1.165, 1.54) is 41.9 Å². The van der Waals surface area contributed by atoms with Crippen LogP contribution in [0.1, 0.15) is 35.8 Å². The van der Waals surface area contributed by atoms with Gasteiger partial charge in [-0.05, 0) is 54.4 Å². The van der Waals surface area contributed by atoms with Crippen molar-refractivity contribution in [2.45, 2.75) is 39.4 Å². The molecule has 0 radical (unpaired) electrons. The number of thiophene rings is 1. The van der Waals surface area contributed by atoms with Crippen LogP contribution in [0.4, 0.5) is 0 Å². The van der Waals surface area contributed by atoms with Crippen LogP contribution in [-0.2, 0) is 19.6 Å². The third-order valence-corrected chi connectivity index (χ3v) is 5.84. The van der Waals surface area contributed by atoms with Crippen molar-refractivity contribution < 1.29 is 0 Å². The number of guanidine groups is 1. The van der Waals surface area contributed by atoms with Crippen molar-refractivity contribution in [3.63, 3.8) is 0 Å². The zero-order valence-corrected chi connectivity index (χ0v) is 16.7. The van der Waals surface area contributed by atoms with Crippen LogP contribution in [0.5, 0.6) is 0 Å². The van der Waals surface area contributed by atoms with E-state index in [0.29, 0.717) is 0 Å². The molecule has 0 bridgehead atoms. The third-order valence-electron chi connectivity index (χ3n) is 4.97. The van der Waals surface area contributed by atoms with Gasteiger partial charge in [-0.15, -0.1) is 11.3 Å². The molecule has 0 atom stereocenters. The predicted molar refractivity (Wildman–Crippen MR) is 111 cm³/mol. The van der Waals surface area contributed by atoms with Crippen LogP contribution >= 0.6 is 11.3 Å². The van der Waals surface area contributed by atoms with Crippen LogP contribution in [0, 0.1) is 5.92 Å². The molecule has 0 unspecified atom stereocenters. The first-order chi connectivity index (χ1) is 12.7. The van der Waals surface area contributed by atoms with Gasteiger partial charge in [0.1, 0.15) is 0 Å². The molecule has 0 saturated carbocycles. The lowest BCUT2D eigenvalue weighted by Gasteiger charge is -2.30. The van der Waals surface area contributed by atoms with Gasteiger partial charge in [-0.1, -0.05) is 37.3 Å². The van der Waals surface area contributed by atoms with Crippen molar-refractivity contribution in [1.29, 1.82) is 0 Å². The molecule has 140 valence electrons. The Morgan fingerprint density at radius 3 is 2.62 bits per heavy atom. The third kappa shape index (κ3) is 5.85. The lowest BCUT2D eigenvalue weighted by Crippen LogP contribution is -2.36. The fourth-order valence-corrected chi connectivity index (χ4v) is 3.95. The van der Waals surface area contributed by atoms with Crippen molar-refractivity contribution >= 4 is 17.3 Å². The summed E-state index contributed by atoms with van der Waals surface area (Å²) in [7, 11) is 1.82. The first kappa shape index (κ1) is 18.9. The lowest BCUT2D eigenvalue weighted by atomic mass is 9.98. The summed E-state index contributed by atoms with van der Waals surface area (Å²) in [5.41, 5.74) is 2.70. The van der Waals surface area contributed by atoms with Gasteiger partial charge in [0.05, 0.1) is 6.54 Å². The number of nitrogens with one attached hydrogen (secondary N) is 2. The molecule has 0 aliphatic carbocycles. The normalized spacial score (nSPS) is 16.6. The van der Waals surface area contributed by atoms with Crippen molar-refractivity contribution in [2.24, 2.45) is 10.9 Å². The Morgan fingerprint density at radius 1 is 1.12 bits per heavy atom. The Bertz CT molecular complexity index is 688. The Kier molecular flexibility index (Phi) is 7.09. The molecule has 1 fully saturated rings. The number of nitrogens with zero attached hydrogens (tertiary/aromatic N) is 2. The first-order valence-electron chi connectivity index (χ1n) is 9.50. The van der Waals surface area contributed by atoms with Gasteiger partial charge < -0.3 is 10.6 Å². The molecular weight excluding hydrogens is 340 g/mol. The molecule has 1 aromatic heterocycles. The zero-order valence-electron chi connectivity index (χ0n) is 15.9. The van der Waals surface area contributed by atoms with Gasteiger partial charge in [0.25, 0.3) is 0 Å². The highest BCUT2D eigenvalue weighted by atomic mass is 32.1. The second kappa shape index (κ2) is 9.74. The first-order valence-corrected chi connectivity index (χ1v) is 10.4. The Morgan fingerprint density at radius 2 is 1.88 bits per heavy atom. The van der Waals surface area contributed by atoms with E-state index in [1.807, 2.05) is 7.05 Å². The highest BCUT2D eigenvalue weighted by Gasteiger charge is 2.15. The monoisotopic (exact) mass is 370 g/mol. The number of aliphatic imine (C=N–C) groups is 1. The smallest absolute Gasteiger partial charge is 0.191 e. The Hall–Kier alpha value is -1.85. The Labute approximate surface area is 161 Å². The number of hydrogen-bond acceptors (Lipinski definition) is 3. The van der Waals surface area contributed by atoms with Gasteiger partial charge in [-0.3, -0.25) is 9.89 Å². The van der Waals surface area contributed by atoms with Gasteiger partial charge in [0.2, 0.25) is 0 Å². The summed E-state index contributed by atoms with van der Waals surface area (Å²) in [6.45, 7) is 7.47.